The van der Waals surface area contributed by atoms with E-state index >= 15 is 0 Å². The molecule has 0 bridgehead atoms. The van der Waals surface area contributed by atoms with Gasteiger partial charge >= 0.3 is 0 Å². The van der Waals surface area contributed by atoms with Crippen molar-refractivity contribution in [2.75, 3.05) is 19.2 Å². The van der Waals surface area contributed by atoms with Crippen LogP contribution in [-0.2, 0) is 11.3 Å². The largest absolute Gasteiger partial charge is 0.454 e. The molecule has 0 saturated heterocycles. The van der Waals surface area contributed by atoms with Gasteiger partial charge in [-0.25, -0.2) is 0 Å². The van der Waals surface area contributed by atoms with Gasteiger partial charge in [0.25, 0.3) is 0 Å². The van der Waals surface area contributed by atoms with Crippen LogP contribution in [0.15, 0.2) is 78.2 Å². The monoisotopic (exact) mass is 462 g/mol. The number of ether oxygens (including phenoxy) is 3. The highest BCUT2D eigenvalue weighted by molar-refractivity contribution is 7.99. The van der Waals surface area contributed by atoms with Crippen LogP contribution >= 0.6 is 11.8 Å². The van der Waals surface area contributed by atoms with Crippen molar-refractivity contribution in [3.05, 3.63) is 78.6 Å². The molecule has 0 amide bonds. The molecule has 0 unspecified atom stereocenters. The summed E-state index contributed by atoms with van der Waals surface area (Å²) in [7, 11) is 0. The van der Waals surface area contributed by atoms with Crippen LogP contribution in [-0.4, -0.2) is 50.1 Å². The lowest BCUT2D eigenvalue weighted by Crippen LogP contribution is -2.18. The Morgan fingerprint density at radius 2 is 1.91 bits per heavy atom. The predicted octanol–water partition coefficient (Wildman–Crippen LogP) is 3.73. The number of para-hydroxylation sites is 1. The standard InChI is InChI=1S/C24H22N4O4S/c29-20(14-30-13-17-8-9-21-22(11-17)32-16-31-21)15-33-24-27-26-23(18-5-4-10-25-12-18)28(24)19-6-2-1-3-7-19/h1-12,20,29H,13-16H2/t20-/m1/s1. The van der Waals surface area contributed by atoms with Gasteiger partial charge < -0.3 is 19.3 Å². The second-order valence-electron chi connectivity index (χ2n) is 7.39. The highest BCUT2D eigenvalue weighted by Gasteiger charge is 2.18. The van der Waals surface area contributed by atoms with E-state index < -0.39 is 6.10 Å². The van der Waals surface area contributed by atoms with E-state index in [0.29, 0.717) is 23.3 Å². The third-order valence-corrected chi connectivity index (χ3v) is 6.06. The molecule has 168 valence electrons. The maximum absolute atomic E-state index is 10.5. The zero-order valence-corrected chi connectivity index (χ0v) is 18.5. The minimum atomic E-state index is -0.660. The first kappa shape index (κ1) is 21.4. The summed E-state index contributed by atoms with van der Waals surface area (Å²) in [5, 5.41) is 19.9. The van der Waals surface area contributed by atoms with Gasteiger partial charge in [-0.1, -0.05) is 36.0 Å². The van der Waals surface area contributed by atoms with Crippen molar-refractivity contribution in [2.45, 2.75) is 17.9 Å². The van der Waals surface area contributed by atoms with Gasteiger partial charge in [-0.3, -0.25) is 9.55 Å². The number of hydrogen-bond donors (Lipinski definition) is 1. The van der Waals surface area contributed by atoms with Crippen molar-refractivity contribution >= 4 is 11.8 Å². The van der Waals surface area contributed by atoms with E-state index in [4.69, 9.17) is 14.2 Å². The number of hydrogen-bond acceptors (Lipinski definition) is 8. The molecular formula is C24H22N4O4S. The Balaban J connectivity index is 1.22. The minimum absolute atomic E-state index is 0.205. The number of aromatic nitrogens is 4. The molecule has 0 fully saturated rings. The molecule has 33 heavy (non-hydrogen) atoms. The number of pyridine rings is 1. The van der Waals surface area contributed by atoms with Crippen LogP contribution in [0.1, 0.15) is 5.56 Å². The van der Waals surface area contributed by atoms with E-state index in [1.165, 1.54) is 11.8 Å². The molecule has 0 spiro atoms. The lowest BCUT2D eigenvalue weighted by atomic mass is 10.2. The molecule has 0 radical (unpaired) electrons. The summed E-state index contributed by atoms with van der Waals surface area (Å²) in [5.41, 5.74) is 2.77. The van der Waals surface area contributed by atoms with Crippen LogP contribution in [0.2, 0.25) is 0 Å². The Labute approximate surface area is 195 Å². The number of nitrogens with zero attached hydrogens (tertiary/aromatic N) is 4. The number of thioether (sulfide) groups is 1. The van der Waals surface area contributed by atoms with Gasteiger partial charge in [0.1, 0.15) is 0 Å². The normalized spacial score (nSPS) is 13.2. The average Bonchev–Trinajstić information content (AvgIpc) is 3.50. The summed E-state index contributed by atoms with van der Waals surface area (Å²) in [6.45, 7) is 0.825. The van der Waals surface area contributed by atoms with Crippen LogP contribution in [0, 0.1) is 0 Å². The van der Waals surface area contributed by atoms with E-state index in [1.807, 2.05) is 65.2 Å². The second kappa shape index (κ2) is 10.0. The molecule has 1 aliphatic heterocycles. The lowest BCUT2D eigenvalue weighted by Gasteiger charge is -2.13. The predicted molar refractivity (Wildman–Crippen MR) is 124 cm³/mol. The summed E-state index contributed by atoms with van der Waals surface area (Å²) in [6, 6.07) is 19.4. The van der Waals surface area contributed by atoms with Crippen molar-refractivity contribution in [1.82, 2.24) is 19.7 Å². The molecule has 8 nitrogen and oxygen atoms in total. The average molecular weight is 463 g/mol. The van der Waals surface area contributed by atoms with Gasteiger partial charge in [-0.05, 0) is 42.0 Å². The van der Waals surface area contributed by atoms with Crippen LogP contribution < -0.4 is 9.47 Å². The fourth-order valence-electron chi connectivity index (χ4n) is 3.42. The van der Waals surface area contributed by atoms with Gasteiger partial charge in [-0.15, -0.1) is 10.2 Å². The maximum Gasteiger partial charge on any atom is 0.231 e. The molecule has 2 aromatic carbocycles. The highest BCUT2D eigenvalue weighted by Crippen LogP contribution is 2.32. The zero-order valence-electron chi connectivity index (χ0n) is 17.7. The second-order valence-corrected chi connectivity index (χ2v) is 8.37. The number of rotatable bonds is 9. The summed E-state index contributed by atoms with van der Waals surface area (Å²) >= 11 is 1.43. The molecule has 5 rings (SSSR count). The first-order valence-corrected chi connectivity index (χ1v) is 11.4. The number of aliphatic hydroxyl groups excluding tert-OH is 1. The Morgan fingerprint density at radius 3 is 2.76 bits per heavy atom. The van der Waals surface area contributed by atoms with Gasteiger partial charge in [0.2, 0.25) is 6.79 Å². The number of benzene rings is 2. The van der Waals surface area contributed by atoms with Crippen LogP contribution in [0.3, 0.4) is 0 Å². The molecule has 0 saturated carbocycles. The Morgan fingerprint density at radius 1 is 1.03 bits per heavy atom. The van der Waals surface area contributed by atoms with E-state index in [1.54, 1.807) is 12.4 Å². The fraction of sp³-hybridized carbons (Fsp3) is 0.208. The Hall–Kier alpha value is -3.40. The summed E-state index contributed by atoms with van der Waals surface area (Å²) in [6.07, 6.45) is 2.82. The first-order valence-electron chi connectivity index (χ1n) is 10.5. The van der Waals surface area contributed by atoms with Crippen molar-refractivity contribution in [3.8, 4) is 28.6 Å². The molecule has 0 aliphatic carbocycles. The first-order chi connectivity index (χ1) is 16.3. The van der Waals surface area contributed by atoms with E-state index in [-0.39, 0.29) is 13.4 Å². The molecule has 3 heterocycles. The quantitative estimate of drug-likeness (QED) is 0.376. The molecule has 4 aromatic rings. The Kier molecular flexibility index (Phi) is 6.52. The van der Waals surface area contributed by atoms with Gasteiger partial charge in [0.15, 0.2) is 22.5 Å². The van der Waals surface area contributed by atoms with Crippen molar-refractivity contribution in [1.29, 1.82) is 0 Å². The third kappa shape index (κ3) is 5.00. The molecular weight excluding hydrogens is 440 g/mol. The fourth-order valence-corrected chi connectivity index (χ4v) is 4.27. The van der Waals surface area contributed by atoms with Crippen molar-refractivity contribution in [2.24, 2.45) is 0 Å². The summed E-state index contributed by atoms with van der Waals surface area (Å²) in [4.78, 5) is 4.20. The van der Waals surface area contributed by atoms with Crippen LogP contribution in [0.4, 0.5) is 0 Å². The van der Waals surface area contributed by atoms with Gasteiger partial charge in [0, 0.05) is 29.4 Å². The SMILES string of the molecule is O[C@H](COCc1ccc2c(c1)OCO2)CSc1nnc(-c2cccnc2)n1-c1ccccc1. The van der Waals surface area contributed by atoms with Gasteiger partial charge in [-0.2, -0.15) is 0 Å². The molecule has 1 atom stereocenters. The number of aliphatic hydroxyl groups is 1. The lowest BCUT2D eigenvalue weighted by molar-refractivity contribution is 0.0397. The maximum atomic E-state index is 10.5. The van der Waals surface area contributed by atoms with E-state index in [2.05, 4.69) is 15.2 Å². The smallest absolute Gasteiger partial charge is 0.231 e. The number of fused-ring (bicyclic) bond motifs is 1. The molecule has 9 heteroatoms. The molecule has 1 N–H and O–H groups in total. The highest BCUT2D eigenvalue weighted by atomic mass is 32.2. The third-order valence-electron chi connectivity index (χ3n) is 4.99. The van der Waals surface area contributed by atoms with Crippen LogP contribution in [0.5, 0.6) is 11.5 Å². The van der Waals surface area contributed by atoms with Crippen LogP contribution in [0.25, 0.3) is 17.1 Å². The summed E-state index contributed by atoms with van der Waals surface area (Å²) in [5.74, 6) is 2.57. The van der Waals surface area contributed by atoms with Gasteiger partial charge in [0.05, 0.1) is 19.3 Å². The van der Waals surface area contributed by atoms with Crippen molar-refractivity contribution < 1.29 is 19.3 Å². The zero-order chi connectivity index (χ0) is 22.5. The summed E-state index contributed by atoms with van der Waals surface area (Å²) < 4.78 is 18.4. The molecule has 1 aliphatic rings. The van der Waals surface area contributed by atoms with Crippen molar-refractivity contribution in [3.63, 3.8) is 0 Å². The van der Waals surface area contributed by atoms with E-state index in [9.17, 15) is 5.11 Å². The minimum Gasteiger partial charge on any atom is -0.454 e. The molecule has 2 aromatic heterocycles. The van der Waals surface area contributed by atoms with E-state index in [0.717, 1.165) is 28.3 Å². The topological polar surface area (TPSA) is 91.5 Å². The Bertz CT molecular complexity index is 1200.